The summed E-state index contributed by atoms with van der Waals surface area (Å²) < 4.78 is 0. The second kappa shape index (κ2) is 7.71. The lowest BCUT2D eigenvalue weighted by Crippen LogP contribution is -2.46. The molecule has 0 saturated carbocycles. The molecule has 0 spiro atoms. The molecule has 0 aromatic carbocycles. The maximum absolute atomic E-state index is 10.1. The van der Waals surface area contributed by atoms with E-state index in [0.717, 1.165) is 0 Å². The second-order valence-corrected chi connectivity index (χ2v) is 3.21. The van der Waals surface area contributed by atoms with E-state index in [0.29, 0.717) is 12.2 Å². The number of carboxylic acid groups (broad SMARTS) is 3. The molecule has 92 valence electrons. The highest BCUT2D eigenvalue weighted by Crippen LogP contribution is 1.99. The SMILES string of the molecule is CC(N)(CS)C(=O)O.O=C(O)/C=C\C(=O)O. The standard InChI is InChI=1S/C4H9NO2S.C4H4O4/c1-4(5,2-8)3(6)7;5-3(6)1-2-4(7)8/h8H,2,5H2,1H3,(H,6,7);1-2H,(H,5,6)(H,7,8)/b;2-1-. The molecule has 0 heterocycles. The Labute approximate surface area is 97.0 Å². The summed E-state index contributed by atoms with van der Waals surface area (Å²) in [5.74, 6) is -3.38. The minimum Gasteiger partial charge on any atom is -0.480 e. The molecule has 0 radical (unpaired) electrons. The van der Waals surface area contributed by atoms with Crippen LogP contribution in [-0.4, -0.2) is 44.5 Å². The van der Waals surface area contributed by atoms with Crippen LogP contribution in [0.2, 0.25) is 0 Å². The zero-order chi connectivity index (χ0) is 13.4. The lowest BCUT2D eigenvalue weighted by Gasteiger charge is -2.14. The fourth-order valence-electron chi connectivity index (χ4n) is 0.210. The van der Waals surface area contributed by atoms with E-state index in [4.69, 9.17) is 21.1 Å². The summed E-state index contributed by atoms with van der Waals surface area (Å²) in [5.41, 5.74) is 4.01. The molecule has 1 unspecified atom stereocenters. The van der Waals surface area contributed by atoms with Crippen LogP contribution in [0.15, 0.2) is 12.2 Å². The Hall–Kier alpha value is -1.54. The molecule has 5 N–H and O–H groups in total. The van der Waals surface area contributed by atoms with Gasteiger partial charge in [0.1, 0.15) is 5.54 Å². The van der Waals surface area contributed by atoms with Gasteiger partial charge < -0.3 is 21.1 Å². The van der Waals surface area contributed by atoms with Crippen molar-refractivity contribution in [1.29, 1.82) is 0 Å². The van der Waals surface area contributed by atoms with Gasteiger partial charge in [0, 0.05) is 17.9 Å². The topological polar surface area (TPSA) is 138 Å². The highest BCUT2D eigenvalue weighted by atomic mass is 32.1. The third kappa shape index (κ3) is 10.5. The molecule has 1 atom stereocenters. The van der Waals surface area contributed by atoms with E-state index in [9.17, 15) is 14.4 Å². The van der Waals surface area contributed by atoms with Gasteiger partial charge in [-0.15, -0.1) is 0 Å². The van der Waals surface area contributed by atoms with E-state index in [1.165, 1.54) is 6.92 Å². The summed E-state index contributed by atoms with van der Waals surface area (Å²) in [6.07, 6.45) is 1.12. The predicted octanol–water partition coefficient (Wildman–Crippen LogP) is -0.570. The van der Waals surface area contributed by atoms with E-state index in [1.807, 2.05) is 0 Å². The summed E-state index contributed by atoms with van der Waals surface area (Å²) in [5, 5.41) is 23.9. The fraction of sp³-hybridized carbons (Fsp3) is 0.375. The van der Waals surface area contributed by atoms with Gasteiger partial charge in [0.05, 0.1) is 0 Å². The number of rotatable bonds is 4. The van der Waals surface area contributed by atoms with Crippen molar-refractivity contribution in [2.75, 3.05) is 5.75 Å². The van der Waals surface area contributed by atoms with Crippen molar-refractivity contribution in [3.05, 3.63) is 12.2 Å². The molecular weight excluding hydrogens is 238 g/mol. The Bertz CT molecular complexity index is 283. The van der Waals surface area contributed by atoms with Crippen LogP contribution in [0, 0.1) is 0 Å². The summed E-state index contributed by atoms with van der Waals surface area (Å²) in [6.45, 7) is 1.42. The molecule has 0 aromatic rings. The van der Waals surface area contributed by atoms with Gasteiger partial charge >= 0.3 is 17.9 Å². The molecule has 16 heavy (non-hydrogen) atoms. The lowest BCUT2D eigenvalue weighted by atomic mass is 10.1. The van der Waals surface area contributed by atoms with Gasteiger partial charge in [-0.05, 0) is 6.92 Å². The monoisotopic (exact) mass is 251 g/mol. The normalized spacial score (nSPS) is 13.4. The number of nitrogens with two attached hydrogens (primary N) is 1. The Balaban J connectivity index is 0. The minimum absolute atomic E-state index is 0.155. The minimum atomic E-state index is -1.26. The van der Waals surface area contributed by atoms with E-state index in [-0.39, 0.29) is 5.75 Å². The molecule has 8 heteroatoms. The van der Waals surface area contributed by atoms with Gasteiger partial charge in [-0.3, -0.25) is 4.79 Å². The van der Waals surface area contributed by atoms with E-state index in [2.05, 4.69) is 12.6 Å². The van der Waals surface area contributed by atoms with Crippen LogP contribution in [0.4, 0.5) is 0 Å². The number of aliphatic carboxylic acids is 3. The van der Waals surface area contributed by atoms with Gasteiger partial charge in [-0.1, -0.05) is 0 Å². The van der Waals surface area contributed by atoms with Crippen molar-refractivity contribution < 1.29 is 29.7 Å². The number of carbonyl (C=O) groups is 3. The molecule has 0 rings (SSSR count). The van der Waals surface area contributed by atoms with Crippen LogP contribution < -0.4 is 5.73 Å². The number of thiol groups is 1. The first-order valence-electron chi connectivity index (χ1n) is 3.90. The predicted molar refractivity (Wildman–Crippen MR) is 58.5 cm³/mol. The molecule has 0 saturated heterocycles. The van der Waals surface area contributed by atoms with Gasteiger partial charge in [0.25, 0.3) is 0 Å². The largest absolute Gasteiger partial charge is 0.480 e. The highest BCUT2D eigenvalue weighted by molar-refractivity contribution is 7.80. The second-order valence-electron chi connectivity index (χ2n) is 2.89. The van der Waals surface area contributed by atoms with Gasteiger partial charge in [-0.2, -0.15) is 12.6 Å². The van der Waals surface area contributed by atoms with Gasteiger partial charge in [0.15, 0.2) is 0 Å². The summed E-state index contributed by atoms with van der Waals surface area (Å²) in [6, 6.07) is 0. The summed E-state index contributed by atoms with van der Waals surface area (Å²) >= 11 is 3.73. The highest BCUT2D eigenvalue weighted by Gasteiger charge is 2.25. The van der Waals surface area contributed by atoms with Crippen molar-refractivity contribution in [3.63, 3.8) is 0 Å². The van der Waals surface area contributed by atoms with Gasteiger partial charge in [0.2, 0.25) is 0 Å². The average Bonchev–Trinajstić information content (AvgIpc) is 2.15. The maximum atomic E-state index is 10.1. The molecule has 0 aliphatic heterocycles. The van der Waals surface area contributed by atoms with Crippen LogP contribution in [-0.2, 0) is 14.4 Å². The third-order valence-electron chi connectivity index (χ3n) is 1.19. The zero-order valence-corrected chi connectivity index (χ0v) is 9.35. The van der Waals surface area contributed by atoms with E-state index < -0.39 is 23.4 Å². The Morgan fingerprint density at radius 3 is 1.56 bits per heavy atom. The van der Waals surface area contributed by atoms with Crippen LogP contribution >= 0.6 is 12.6 Å². The Morgan fingerprint density at radius 1 is 1.19 bits per heavy atom. The van der Waals surface area contributed by atoms with Crippen LogP contribution in [0.1, 0.15) is 6.92 Å². The first kappa shape index (κ1) is 16.9. The number of carboxylic acids is 3. The van der Waals surface area contributed by atoms with E-state index >= 15 is 0 Å². The van der Waals surface area contributed by atoms with Crippen LogP contribution in [0.3, 0.4) is 0 Å². The molecule has 7 nitrogen and oxygen atoms in total. The van der Waals surface area contributed by atoms with Crippen molar-refractivity contribution in [1.82, 2.24) is 0 Å². The maximum Gasteiger partial charge on any atom is 0.328 e. The first-order valence-corrected chi connectivity index (χ1v) is 4.53. The third-order valence-corrected chi connectivity index (χ3v) is 1.84. The van der Waals surface area contributed by atoms with E-state index in [1.54, 1.807) is 0 Å². The molecule has 0 amide bonds. The fourth-order valence-corrected chi connectivity index (χ4v) is 0.345. The van der Waals surface area contributed by atoms with Crippen molar-refractivity contribution in [2.24, 2.45) is 5.73 Å². The lowest BCUT2D eigenvalue weighted by molar-refractivity contribution is -0.141. The molecule has 0 aliphatic carbocycles. The smallest absolute Gasteiger partial charge is 0.328 e. The molecule has 0 aromatic heterocycles. The zero-order valence-electron chi connectivity index (χ0n) is 8.45. The van der Waals surface area contributed by atoms with Crippen molar-refractivity contribution in [3.8, 4) is 0 Å². The number of hydrogen-bond acceptors (Lipinski definition) is 5. The number of hydrogen-bond donors (Lipinski definition) is 5. The molecule has 0 fully saturated rings. The summed E-state index contributed by atoms with van der Waals surface area (Å²) in [7, 11) is 0. The van der Waals surface area contributed by atoms with Crippen molar-refractivity contribution >= 4 is 30.5 Å². The molecular formula is C8H13NO6S. The van der Waals surface area contributed by atoms with Crippen molar-refractivity contribution in [2.45, 2.75) is 12.5 Å². The van der Waals surface area contributed by atoms with Gasteiger partial charge in [-0.25, -0.2) is 9.59 Å². The van der Waals surface area contributed by atoms with Crippen LogP contribution in [0.5, 0.6) is 0 Å². The summed E-state index contributed by atoms with van der Waals surface area (Å²) in [4.78, 5) is 29.2. The Kier molecular flexibility index (Phi) is 8.13. The molecule has 0 aliphatic rings. The Morgan fingerprint density at radius 2 is 1.50 bits per heavy atom. The quantitative estimate of drug-likeness (QED) is 0.333. The first-order chi connectivity index (χ1) is 7.13. The molecule has 0 bridgehead atoms. The van der Waals surface area contributed by atoms with Crippen LogP contribution in [0.25, 0.3) is 0 Å². The average molecular weight is 251 g/mol.